The van der Waals surface area contributed by atoms with E-state index in [1.54, 1.807) is 0 Å². The van der Waals surface area contributed by atoms with Crippen LogP contribution in [-0.2, 0) is 33.7 Å². The van der Waals surface area contributed by atoms with Gasteiger partial charge >= 0.3 is 37.9 Å². The van der Waals surface area contributed by atoms with Gasteiger partial charge in [-0.25, -0.2) is 0 Å². The maximum absolute atomic E-state index is 4.93. The predicted octanol–water partition coefficient (Wildman–Crippen LogP) is 12.9. The molecule has 4 heteroatoms. The molecule has 218 valence electrons. The van der Waals surface area contributed by atoms with Crippen molar-refractivity contribution in [2.75, 3.05) is 0 Å². The topological polar surface area (TPSA) is 0 Å². The molecule has 2 radical (unpaired) electrons. The zero-order valence-corrected chi connectivity index (χ0v) is 32.1. The van der Waals surface area contributed by atoms with Gasteiger partial charge in [-0.05, 0) is 36.5 Å². The summed E-state index contributed by atoms with van der Waals surface area (Å²) >= 11 is -0.826. The fourth-order valence-corrected chi connectivity index (χ4v) is 4.90. The van der Waals surface area contributed by atoms with Crippen LogP contribution in [0.2, 0.25) is 13.1 Å². The van der Waals surface area contributed by atoms with Gasteiger partial charge in [-0.3, -0.25) is 0 Å². The van der Waals surface area contributed by atoms with Crippen LogP contribution in [0.15, 0.2) is 48.5 Å². The van der Waals surface area contributed by atoms with E-state index in [1.165, 1.54) is 54.9 Å². The fourth-order valence-electron chi connectivity index (χ4n) is 4.90. The van der Waals surface area contributed by atoms with Crippen LogP contribution >= 0.6 is 17.0 Å². The van der Waals surface area contributed by atoms with Crippen LogP contribution in [0.3, 0.4) is 0 Å². The van der Waals surface area contributed by atoms with Crippen molar-refractivity contribution in [3.8, 4) is 0 Å². The minimum atomic E-state index is -0.826. The molecule has 4 aromatic rings. The van der Waals surface area contributed by atoms with E-state index in [0.29, 0.717) is 23.7 Å². The SMILES string of the molecule is CCc1cc2c(C(C)C)cc(C(C)C)cc2[cH-]1.CCc1cc2c(C(C)C)cc(C(C)C)cc2[cH-]1.C[Si]C.[Cl][Zr+2][Cl]. The van der Waals surface area contributed by atoms with E-state index in [4.69, 9.17) is 17.0 Å². The monoisotopic (exact) mass is 672 g/mol. The Morgan fingerprint density at radius 3 is 1.12 bits per heavy atom. The molecule has 0 bridgehead atoms. The average Bonchev–Trinajstić information content (AvgIpc) is 3.52. The standard InChI is InChI=1S/2C17H23.C2H6Si.2ClH.Zr/c2*1-6-13-7-15-9-14(11(2)3)10-16(12(4)5)17(15)8-13;1-3-2;;;/h2*7-12H,6H2,1-5H3;1-2H3;2*1H;/q2*-1;;;;+4/p-2. The summed E-state index contributed by atoms with van der Waals surface area (Å²) in [6.07, 6.45) is 2.26. The molecule has 0 aliphatic heterocycles. The normalized spacial score (nSPS) is 10.8. The summed E-state index contributed by atoms with van der Waals surface area (Å²) in [5.41, 5.74) is 8.87. The first-order chi connectivity index (χ1) is 18.9. The molecule has 4 rings (SSSR count). The Kier molecular flexibility index (Phi) is 17.6. The molecule has 0 spiro atoms. The quantitative estimate of drug-likeness (QED) is 0.141. The van der Waals surface area contributed by atoms with Gasteiger partial charge in [0.25, 0.3) is 0 Å². The van der Waals surface area contributed by atoms with Crippen molar-refractivity contribution < 1.29 is 20.8 Å². The summed E-state index contributed by atoms with van der Waals surface area (Å²) in [4.78, 5) is 0. The molecule has 0 atom stereocenters. The first kappa shape index (κ1) is 37.4. The molecule has 0 aliphatic rings. The van der Waals surface area contributed by atoms with Gasteiger partial charge in [0.15, 0.2) is 0 Å². The van der Waals surface area contributed by atoms with Crippen LogP contribution in [0.25, 0.3) is 21.5 Å². The Bertz CT molecular complexity index is 1180. The minimum absolute atomic E-state index is 0.600. The molecule has 0 N–H and O–H groups in total. The molecule has 40 heavy (non-hydrogen) atoms. The van der Waals surface area contributed by atoms with E-state index in [0.717, 1.165) is 22.4 Å². The molecular formula is C36H52Cl2SiZr. The number of fused-ring (bicyclic) bond motifs is 2. The molecule has 0 fully saturated rings. The molecule has 0 unspecified atom stereocenters. The third-order valence-electron chi connectivity index (χ3n) is 7.27. The molecule has 0 heterocycles. The van der Waals surface area contributed by atoms with Crippen molar-refractivity contribution in [2.45, 2.75) is 119 Å². The summed E-state index contributed by atoms with van der Waals surface area (Å²) in [5.74, 6) is 2.42. The number of benzene rings is 2. The maximum atomic E-state index is 4.93. The van der Waals surface area contributed by atoms with Crippen molar-refractivity contribution in [3.05, 3.63) is 81.9 Å². The molecule has 0 amide bonds. The molecule has 0 saturated heterocycles. The van der Waals surface area contributed by atoms with Gasteiger partial charge < -0.3 is 0 Å². The molecule has 0 saturated carbocycles. The molecule has 0 aromatic heterocycles. The van der Waals surface area contributed by atoms with E-state index >= 15 is 0 Å². The molecule has 0 aliphatic carbocycles. The van der Waals surface area contributed by atoms with Crippen molar-refractivity contribution in [1.82, 2.24) is 0 Å². The summed E-state index contributed by atoms with van der Waals surface area (Å²) in [6, 6.07) is 19.0. The first-order valence-electron chi connectivity index (χ1n) is 14.9. The second kappa shape index (κ2) is 18.8. The first-order valence-corrected chi connectivity index (χ1v) is 23.2. The Morgan fingerprint density at radius 2 is 0.900 bits per heavy atom. The van der Waals surface area contributed by atoms with Crippen molar-refractivity contribution >= 4 is 48.1 Å². The van der Waals surface area contributed by atoms with Gasteiger partial charge in [-0.2, -0.15) is 12.1 Å². The van der Waals surface area contributed by atoms with Gasteiger partial charge in [-0.1, -0.05) is 117 Å². The Morgan fingerprint density at radius 1 is 0.600 bits per heavy atom. The predicted molar refractivity (Wildman–Crippen MR) is 183 cm³/mol. The van der Waals surface area contributed by atoms with Crippen molar-refractivity contribution in [3.63, 3.8) is 0 Å². The number of rotatable bonds is 6. The van der Waals surface area contributed by atoms with E-state index in [2.05, 4.69) is 131 Å². The van der Waals surface area contributed by atoms with Gasteiger partial charge in [-0.15, -0.1) is 56.9 Å². The number of aryl methyl sites for hydroxylation is 2. The van der Waals surface area contributed by atoms with Crippen molar-refractivity contribution in [2.24, 2.45) is 0 Å². The zero-order valence-electron chi connectivity index (χ0n) is 27.1. The Hall–Kier alpha value is -0.660. The van der Waals surface area contributed by atoms with Crippen LogP contribution in [0.4, 0.5) is 0 Å². The van der Waals surface area contributed by atoms with Gasteiger partial charge in [0.05, 0.1) is 0 Å². The summed E-state index contributed by atoms with van der Waals surface area (Å²) in [7, 11) is 11.0. The molecular weight excluding hydrogens is 623 g/mol. The third-order valence-corrected chi connectivity index (χ3v) is 7.27. The Balaban J connectivity index is 0.000000335. The van der Waals surface area contributed by atoms with Gasteiger partial charge in [0.1, 0.15) is 0 Å². The third kappa shape index (κ3) is 10.9. The fraction of sp³-hybridized carbons (Fsp3) is 0.500. The number of halogens is 2. The zero-order chi connectivity index (χ0) is 30.6. The molecule has 4 aromatic carbocycles. The van der Waals surface area contributed by atoms with Crippen LogP contribution < -0.4 is 0 Å². The second-order valence-corrected chi connectivity index (χ2v) is 16.6. The number of hydrogen-bond acceptors (Lipinski definition) is 0. The summed E-state index contributed by atoms with van der Waals surface area (Å²) < 4.78 is 0. The summed E-state index contributed by atoms with van der Waals surface area (Å²) in [5, 5.41) is 5.77. The van der Waals surface area contributed by atoms with Gasteiger partial charge in [0.2, 0.25) is 0 Å². The van der Waals surface area contributed by atoms with Crippen LogP contribution in [-0.4, -0.2) is 9.52 Å². The van der Waals surface area contributed by atoms with E-state index in [9.17, 15) is 0 Å². The number of hydrogen-bond donors (Lipinski definition) is 0. The van der Waals surface area contributed by atoms with E-state index in [-0.39, 0.29) is 0 Å². The van der Waals surface area contributed by atoms with Crippen LogP contribution in [0, 0.1) is 0 Å². The molecule has 0 nitrogen and oxygen atoms in total. The van der Waals surface area contributed by atoms with E-state index in [1.807, 2.05) is 0 Å². The average molecular weight is 675 g/mol. The van der Waals surface area contributed by atoms with E-state index < -0.39 is 20.8 Å². The van der Waals surface area contributed by atoms with Crippen LogP contribution in [0.1, 0.15) is 126 Å². The van der Waals surface area contributed by atoms with Gasteiger partial charge in [0, 0.05) is 9.52 Å². The Labute approximate surface area is 267 Å². The van der Waals surface area contributed by atoms with Crippen molar-refractivity contribution in [1.29, 1.82) is 0 Å². The second-order valence-electron chi connectivity index (χ2n) is 11.9. The van der Waals surface area contributed by atoms with Crippen LogP contribution in [0.5, 0.6) is 0 Å². The summed E-state index contributed by atoms with van der Waals surface area (Å²) in [6.45, 7) is 27.0.